The fourth-order valence-corrected chi connectivity index (χ4v) is 3.61. The summed E-state index contributed by atoms with van der Waals surface area (Å²) in [5.41, 5.74) is 0. The molecule has 0 aromatic rings. The van der Waals surface area contributed by atoms with Crippen LogP contribution in [-0.2, 0) is 0 Å². The molecule has 0 aromatic heterocycles. The molecule has 0 saturated carbocycles. The topological polar surface area (TPSA) is 15.3 Å². The molecule has 0 bridgehead atoms. The van der Waals surface area contributed by atoms with Gasteiger partial charge in [-0.2, -0.15) is 11.8 Å². The summed E-state index contributed by atoms with van der Waals surface area (Å²) in [4.78, 5) is 2.68. The van der Waals surface area contributed by atoms with Gasteiger partial charge in [0.15, 0.2) is 0 Å². The first kappa shape index (κ1) is 11.7. The summed E-state index contributed by atoms with van der Waals surface area (Å²) in [6, 6.07) is 2.34. The molecule has 0 aliphatic carbocycles. The zero-order valence-corrected chi connectivity index (χ0v) is 10.9. The third-order valence-electron chi connectivity index (χ3n) is 3.86. The predicted octanol–water partition coefficient (Wildman–Crippen LogP) is 1.95. The highest BCUT2D eigenvalue weighted by Crippen LogP contribution is 2.28. The molecule has 2 saturated heterocycles. The Labute approximate surface area is 98.2 Å². The minimum Gasteiger partial charge on any atom is -0.310 e. The molecule has 0 radical (unpaired) electrons. The van der Waals surface area contributed by atoms with Crippen LogP contribution in [0, 0.1) is 0 Å². The van der Waals surface area contributed by atoms with E-state index in [1.54, 1.807) is 0 Å². The van der Waals surface area contributed by atoms with E-state index in [-0.39, 0.29) is 0 Å². The van der Waals surface area contributed by atoms with Gasteiger partial charge in [-0.05, 0) is 51.2 Å². The van der Waals surface area contributed by atoms with Crippen molar-refractivity contribution in [3.63, 3.8) is 0 Å². The number of hydrogen-bond donors (Lipinski definition) is 1. The number of nitrogens with one attached hydrogen (secondary N) is 1. The molecule has 1 N–H and O–H groups in total. The maximum absolute atomic E-state index is 3.83. The van der Waals surface area contributed by atoms with Crippen LogP contribution < -0.4 is 5.32 Å². The maximum atomic E-state index is 3.83. The summed E-state index contributed by atoms with van der Waals surface area (Å²) < 4.78 is 0. The van der Waals surface area contributed by atoms with Crippen LogP contribution in [0.15, 0.2) is 0 Å². The summed E-state index contributed by atoms with van der Waals surface area (Å²) in [5, 5.41) is 3.83. The Morgan fingerprint density at radius 1 is 1.40 bits per heavy atom. The molecule has 2 heterocycles. The molecule has 2 rings (SSSR count). The van der Waals surface area contributed by atoms with Crippen LogP contribution >= 0.6 is 11.8 Å². The number of thioether (sulfide) groups is 1. The van der Waals surface area contributed by atoms with Gasteiger partial charge < -0.3 is 5.32 Å². The molecule has 15 heavy (non-hydrogen) atoms. The lowest BCUT2D eigenvalue weighted by Crippen LogP contribution is -2.43. The molecule has 3 unspecified atom stereocenters. The second kappa shape index (κ2) is 5.55. The van der Waals surface area contributed by atoms with Gasteiger partial charge in [-0.15, -0.1) is 0 Å². The molecule has 2 aliphatic rings. The van der Waals surface area contributed by atoms with Crippen molar-refractivity contribution in [2.45, 2.75) is 50.7 Å². The van der Waals surface area contributed by atoms with Gasteiger partial charge in [-0.25, -0.2) is 0 Å². The highest BCUT2D eigenvalue weighted by Gasteiger charge is 2.37. The van der Waals surface area contributed by atoms with Gasteiger partial charge in [-0.3, -0.25) is 4.90 Å². The molecular formula is C12H24N2S. The Kier molecular flexibility index (Phi) is 4.35. The van der Waals surface area contributed by atoms with Crippen molar-refractivity contribution in [3.05, 3.63) is 0 Å². The normalized spacial score (nSPS) is 33.2. The van der Waals surface area contributed by atoms with Crippen molar-refractivity contribution in [3.8, 4) is 0 Å². The molecule has 0 spiro atoms. The Morgan fingerprint density at radius 3 is 3.07 bits per heavy atom. The van der Waals surface area contributed by atoms with Gasteiger partial charge in [0.05, 0.1) is 0 Å². The average molecular weight is 228 g/mol. The van der Waals surface area contributed by atoms with Crippen molar-refractivity contribution < 1.29 is 0 Å². The van der Waals surface area contributed by atoms with Crippen molar-refractivity contribution in [1.82, 2.24) is 10.2 Å². The van der Waals surface area contributed by atoms with Crippen molar-refractivity contribution in [1.29, 1.82) is 0 Å². The summed E-state index contributed by atoms with van der Waals surface area (Å²) in [7, 11) is 0. The zero-order chi connectivity index (χ0) is 10.7. The quantitative estimate of drug-likeness (QED) is 0.774. The van der Waals surface area contributed by atoms with E-state index in [9.17, 15) is 0 Å². The monoisotopic (exact) mass is 228 g/mol. The summed E-state index contributed by atoms with van der Waals surface area (Å²) in [6.45, 7) is 5.02. The largest absolute Gasteiger partial charge is 0.310 e. The predicted molar refractivity (Wildman–Crippen MR) is 68.6 cm³/mol. The molecular weight excluding hydrogens is 204 g/mol. The fourth-order valence-electron chi connectivity index (χ4n) is 3.02. The first-order valence-corrected chi connectivity index (χ1v) is 7.69. The van der Waals surface area contributed by atoms with E-state index < -0.39 is 0 Å². The lowest BCUT2D eigenvalue weighted by molar-refractivity contribution is 0.290. The Morgan fingerprint density at radius 2 is 2.27 bits per heavy atom. The van der Waals surface area contributed by atoms with Crippen LogP contribution in [0.4, 0.5) is 0 Å². The van der Waals surface area contributed by atoms with E-state index in [0.717, 1.165) is 12.1 Å². The number of hydrogen-bond acceptors (Lipinski definition) is 3. The Bertz CT molecular complexity index is 198. The molecule has 3 heteroatoms. The van der Waals surface area contributed by atoms with E-state index in [1.165, 1.54) is 44.5 Å². The van der Waals surface area contributed by atoms with Gasteiger partial charge in [0, 0.05) is 24.7 Å². The first-order valence-electron chi connectivity index (χ1n) is 6.30. The first-order chi connectivity index (χ1) is 7.31. The third kappa shape index (κ3) is 2.89. The van der Waals surface area contributed by atoms with Gasteiger partial charge in [-0.1, -0.05) is 0 Å². The molecule has 3 atom stereocenters. The van der Waals surface area contributed by atoms with Crippen molar-refractivity contribution in [2.75, 3.05) is 25.1 Å². The minimum absolute atomic E-state index is 0.697. The third-order valence-corrected chi connectivity index (χ3v) is 4.50. The second-order valence-electron chi connectivity index (χ2n) is 4.99. The van der Waals surface area contributed by atoms with Gasteiger partial charge >= 0.3 is 0 Å². The van der Waals surface area contributed by atoms with Crippen LogP contribution in [0.1, 0.15) is 32.6 Å². The maximum Gasteiger partial charge on any atom is 0.0250 e. The lowest BCUT2D eigenvalue weighted by atomic mass is 10.1. The minimum atomic E-state index is 0.697. The standard InChI is InChI=1S/C12H24N2S/c1-10(6-9-15-2)13-11-5-8-14-7-3-4-12(11)14/h10-13H,3-9H2,1-2H3. The molecule has 2 nitrogen and oxygen atoms in total. The van der Waals surface area contributed by atoms with E-state index in [4.69, 9.17) is 0 Å². The molecule has 2 aliphatic heterocycles. The van der Waals surface area contributed by atoms with Crippen LogP contribution in [0.3, 0.4) is 0 Å². The van der Waals surface area contributed by atoms with Gasteiger partial charge in [0.2, 0.25) is 0 Å². The van der Waals surface area contributed by atoms with E-state index in [0.29, 0.717) is 6.04 Å². The highest BCUT2D eigenvalue weighted by atomic mass is 32.2. The molecule has 2 fully saturated rings. The molecule has 0 amide bonds. The van der Waals surface area contributed by atoms with Crippen molar-refractivity contribution >= 4 is 11.8 Å². The van der Waals surface area contributed by atoms with E-state index in [1.807, 2.05) is 11.8 Å². The summed E-state index contributed by atoms with van der Waals surface area (Å²) in [5.74, 6) is 1.29. The Hall–Kier alpha value is 0.270. The van der Waals surface area contributed by atoms with Crippen LogP contribution in [0.25, 0.3) is 0 Å². The van der Waals surface area contributed by atoms with Crippen molar-refractivity contribution in [2.24, 2.45) is 0 Å². The van der Waals surface area contributed by atoms with Crippen LogP contribution in [-0.4, -0.2) is 48.1 Å². The summed E-state index contributed by atoms with van der Waals surface area (Å²) >= 11 is 1.96. The molecule has 0 aromatic carbocycles. The van der Waals surface area contributed by atoms with Crippen LogP contribution in [0.5, 0.6) is 0 Å². The van der Waals surface area contributed by atoms with Gasteiger partial charge in [0.1, 0.15) is 0 Å². The van der Waals surface area contributed by atoms with Gasteiger partial charge in [0.25, 0.3) is 0 Å². The van der Waals surface area contributed by atoms with Crippen LogP contribution in [0.2, 0.25) is 0 Å². The van der Waals surface area contributed by atoms with E-state index >= 15 is 0 Å². The zero-order valence-electron chi connectivity index (χ0n) is 10.0. The lowest BCUT2D eigenvalue weighted by Gasteiger charge is -2.25. The number of nitrogens with zero attached hydrogens (tertiary/aromatic N) is 1. The Balaban J connectivity index is 1.74. The smallest absolute Gasteiger partial charge is 0.0250 e. The highest BCUT2D eigenvalue weighted by molar-refractivity contribution is 7.98. The number of fused-ring (bicyclic) bond motifs is 1. The SMILES string of the molecule is CSCCC(C)NC1CCN2CCCC12. The second-order valence-corrected chi connectivity index (χ2v) is 5.98. The average Bonchev–Trinajstić information content (AvgIpc) is 2.80. The fraction of sp³-hybridized carbons (Fsp3) is 1.00. The number of rotatable bonds is 5. The van der Waals surface area contributed by atoms with E-state index in [2.05, 4.69) is 23.4 Å². The molecule has 88 valence electrons. The summed E-state index contributed by atoms with van der Waals surface area (Å²) in [6.07, 6.45) is 7.72.